The molecule has 3 nitrogen and oxygen atoms in total. The van der Waals surface area contributed by atoms with Gasteiger partial charge in [-0.25, -0.2) is 0 Å². The third-order valence-electron chi connectivity index (χ3n) is 2.64. The van der Waals surface area contributed by atoms with Gasteiger partial charge in [0.1, 0.15) is 0 Å². The molecule has 1 unspecified atom stereocenters. The van der Waals surface area contributed by atoms with Crippen LogP contribution in [-0.4, -0.2) is 38.1 Å². The van der Waals surface area contributed by atoms with Gasteiger partial charge in [0.25, 0.3) is 0 Å². The van der Waals surface area contributed by atoms with Crippen LogP contribution in [0, 0.1) is 0 Å². The quantitative estimate of drug-likeness (QED) is 0.519. The van der Waals surface area contributed by atoms with Gasteiger partial charge < -0.3 is 14.6 Å². The lowest BCUT2D eigenvalue weighted by Crippen LogP contribution is -2.09. The molecule has 1 atom stereocenters. The molecule has 1 rings (SSSR count). The molecule has 88 valence electrons. The molecule has 0 aromatic carbocycles. The van der Waals surface area contributed by atoms with E-state index in [0.29, 0.717) is 13.2 Å². The highest BCUT2D eigenvalue weighted by molar-refractivity contribution is 5.08. The van der Waals surface area contributed by atoms with Crippen molar-refractivity contribution in [1.82, 2.24) is 0 Å². The van der Waals surface area contributed by atoms with E-state index < -0.39 is 0 Å². The van der Waals surface area contributed by atoms with Crippen molar-refractivity contribution in [2.45, 2.75) is 38.2 Å². The van der Waals surface area contributed by atoms with E-state index in [1.165, 1.54) is 5.57 Å². The SMILES string of the molecule is COCCOCCCC1=CC(O)CCC1. The second kappa shape index (κ2) is 7.85. The van der Waals surface area contributed by atoms with Gasteiger partial charge >= 0.3 is 0 Å². The molecule has 0 heterocycles. The lowest BCUT2D eigenvalue weighted by molar-refractivity contribution is 0.0693. The van der Waals surface area contributed by atoms with Gasteiger partial charge in [0.15, 0.2) is 0 Å². The zero-order chi connectivity index (χ0) is 10.9. The first kappa shape index (κ1) is 12.7. The standard InChI is InChI=1S/C12H22O3/c1-14-8-9-15-7-3-5-11-4-2-6-12(13)10-11/h10,12-13H,2-9H2,1H3. The summed E-state index contributed by atoms with van der Waals surface area (Å²) in [5, 5.41) is 9.43. The van der Waals surface area contributed by atoms with E-state index in [2.05, 4.69) is 0 Å². The molecule has 0 radical (unpaired) electrons. The Labute approximate surface area is 92.1 Å². The third kappa shape index (κ3) is 5.92. The smallest absolute Gasteiger partial charge is 0.0723 e. The number of aliphatic hydroxyl groups is 1. The van der Waals surface area contributed by atoms with E-state index in [1.807, 2.05) is 6.08 Å². The number of ether oxygens (including phenoxy) is 2. The molecule has 0 aromatic heterocycles. The molecule has 0 aromatic rings. The Hall–Kier alpha value is -0.380. The Balaban J connectivity index is 1.99. The highest BCUT2D eigenvalue weighted by Crippen LogP contribution is 2.21. The van der Waals surface area contributed by atoms with Crippen LogP contribution < -0.4 is 0 Å². The number of allylic oxidation sites excluding steroid dienone is 1. The van der Waals surface area contributed by atoms with Crippen LogP contribution >= 0.6 is 0 Å². The Morgan fingerprint density at radius 1 is 1.40 bits per heavy atom. The summed E-state index contributed by atoms with van der Waals surface area (Å²) in [6, 6.07) is 0. The number of aliphatic hydroxyl groups excluding tert-OH is 1. The summed E-state index contributed by atoms with van der Waals surface area (Å²) >= 11 is 0. The molecular formula is C12H22O3. The average molecular weight is 214 g/mol. The summed E-state index contributed by atoms with van der Waals surface area (Å²) in [6.07, 6.45) is 7.11. The van der Waals surface area contributed by atoms with Crippen LogP contribution in [0.2, 0.25) is 0 Å². The van der Waals surface area contributed by atoms with Crippen molar-refractivity contribution in [2.24, 2.45) is 0 Å². The maximum absolute atomic E-state index is 9.43. The van der Waals surface area contributed by atoms with Gasteiger partial charge in [0, 0.05) is 13.7 Å². The Kier molecular flexibility index (Phi) is 6.64. The zero-order valence-electron chi connectivity index (χ0n) is 9.58. The fourth-order valence-electron chi connectivity index (χ4n) is 1.83. The largest absolute Gasteiger partial charge is 0.389 e. The molecule has 1 aliphatic rings. The van der Waals surface area contributed by atoms with E-state index in [1.54, 1.807) is 7.11 Å². The van der Waals surface area contributed by atoms with Crippen molar-refractivity contribution in [2.75, 3.05) is 26.9 Å². The first-order valence-electron chi connectivity index (χ1n) is 5.77. The van der Waals surface area contributed by atoms with Gasteiger partial charge in [-0.15, -0.1) is 0 Å². The number of hydrogen-bond acceptors (Lipinski definition) is 3. The van der Waals surface area contributed by atoms with E-state index in [0.717, 1.165) is 38.7 Å². The topological polar surface area (TPSA) is 38.7 Å². The van der Waals surface area contributed by atoms with Gasteiger partial charge in [-0.1, -0.05) is 11.6 Å². The molecule has 1 aliphatic carbocycles. The summed E-state index contributed by atoms with van der Waals surface area (Å²) < 4.78 is 10.3. The lowest BCUT2D eigenvalue weighted by atomic mass is 9.94. The van der Waals surface area contributed by atoms with Gasteiger partial charge in [0.2, 0.25) is 0 Å². The summed E-state index contributed by atoms with van der Waals surface area (Å²) in [7, 11) is 1.68. The fourth-order valence-corrected chi connectivity index (χ4v) is 1.83. The van der Waals surface area contributed by atoms with Crippen LogP contribution in [0.15, 0.2) is 11.6 Å². The number of rotatable bonds is 7. The van der Waals surface area contributed by atoms with Crippen molar-refractivity contribution in [3.63, 3.8) is 0 Å². The molecule has 1 N–H and O–H groups in total. The van der Waals surface area contributed by atoms with Crippen molar-refractivity contribution in [1.29, 1.82) is 0 Å². The highest BCUT2D eigenvalue weighted by atomic mass is 16.5. The van der Waals surface area contributed by atoms with Crippen molar-refractivity contribution >= 4 is 0 Å². The second-order valence-electron chi connectivity index (χ2n) is 3.99. The predicted molar refractivity (Wildman–Crippen MR) is 59.9 cm³/mol. The zero-order valence-corrected chi connectivity index (χ0v) is 9.58. The Morgan fingerprint density at radius 3 is 3.00 bits per heavy atom. The summed E-state index contributed by atoms with van der Waals surface area (Å²) in [5.74, 6) is 0. The summed E-state index contributed by atoms with van der Waals surface area (Å²) in [6.45, 7) is 2.14. The maximum Gasteiger partial charge on any atom is 0.0723 e. The molecule has 3 heteroatoms. The molecular weight excluding hydrogens is 192 g/mol. The van der Waals surface area contributed by atoms with E-state index in [4.69, 9.17) is 9.47 Å². The maximum atomic E-state index is 9.43. The van der Waals surface area contributed by atoms with Crippen molar-refractivity contribution in [3.05, 3.63) is 11.6 Å². The molecule has 0 bridgehead atoms. The first-order chi connectivity index (χ1) is 7.33. The minimum atomic E-state index is -0.205. The fraction of sp³-hybridized carbons (Fsp3) is 0.833. The molecule has 0 aliphatic heterocycles. The molecule has 0 amide bonds. The number of hydrogen-bond donors (Lipinski definition) is 1. The minimum Gasteiger partial charge on any atom is -0.389 e. The Morgan fingerprint density at radius 2 is 2.27 bits per heavy atom. The van der Waals surface area contributed by atoms with Crippen LogP contribution in [0.3, 0.4) is 0 Å². The van der Waals surface area contributed by atoms with Crippen molar-refractivity contribution in [3.8, 4) is 0 Å². The molecule has 0 saturated heterocycles. The molecule has 0 fully saturated rings. The molecule has 0 spiro atoms. The van der Waals surface area contributed by atoms with Crippen LogP contribution in [0.1, 0.15) is 32.1 Å². The van der Waals surface area contributed by atoms with E-state index in [-0.39, 0.29) is 6.10 Å². The second-order valence-corrected chi connectivity index (χ2v) is 3.99. The van der Waals surface area contributed by atoms with Gasteiger partial charge in [0.05, 0.1) is 19.3 Å². The normalized spacial score (nSPS) is 21.5. The van der Waals surface area contributed by atoms with Crippen LogP contribution in [0.5, 0.6) is 0 Å². The lowest BCUT2D eigenvalue weighted by Gasteiger charge is -2.16. The molecule has 0 saturated carbocycles. The Bertz CT molecular complexity index is 189. The van der Waals surface area contributed by atoms with E-state index in [9.17, 15) is 5.11 Å². The average Bonchev–Trinajstić information content (AvgIpc) is 2.23. The monoisotopic (exact) mass is 214 g/mol. The van der Waals surface area contributed by atoms with Gasteiger partial charge in [-0.2, -0.15) is 0 Å². The van der Waals surface area contributed by atoms with Crippen LogP contribution in [0.25, 0.3) is 0 Å². The summed E-state index contributed by atoms with van der Waals surface area (Å²) in [5.41, 5.74) is 1.39. The summed E-state index contributed by atoms with van der Waals surface area (Å²) in [4.78, 5) is 0. The number of methoxy groups -OCH3 is 1. The van der Waals surface area contributed by atoms with E-state index >= 15 is 0 Å². The van der Waals surface area contributed by atoms with Gasteiger partial charge in [-0.05, 0) is 32.1 Å². The van der Waals surface area contributed by atoms with Crippen LogP contribution in [-0.2, 0) is 9.47 Å². The minimum absolute atomic E-state index is 0.205. The third-order valence-corrected chi connectivity index (χ3v) is 2.64. The van der Waals surface area contributed by atoms with Crippen LogP contribution in [0.4, 0.5) is 0 Å². The van der Waals surface area contributed by atoms with Crippen molar-refractivity contribution < 1.29 is 14.6 Å². The highest BCUT2D eigenvalue weighted by Gasteiger charge is 2.09. The molecule has 15 heavy (non-hydrogen) atoms. The first-order valence-corrected chi connectivity index (χ1v) is 5.77. The van der Waals surface area contributed by atoms with Gasteiger partial charge in [-0.3, -0.25) is 0 Å². The predicted octanol–water partition coefficient (Wildman–Crippen LogP) is 1.90.